The third kappa shape index (κ3) is 5.08. The first-order valence-electron chi connectivity index (χ1n) is 12.0. The molecule has 1 aliphatic rings. The van der Waals surface area contributed by atoms with E-state index >= 15 is 0 Å². The summed E-state index contributed by atoms with van der Waals surface area (Å²) < 4.78 is 16.4. The second-order valence-electron chi connectivity index (χ2n) is 9.27. The average Bonchev–Trinajstić information content (AvgIpc) is 3.52. The Labute approximate surface area is 217 Å². The molecule has 4 aromatic heterocycles. The highest BCUT2D eigenvalue weighted by atomic mass is 32.1. The minimum absolute atomic E-state index is 0.148. The van der Waals surface area contributed by atoms with E-state index in [4.69, 9.17) is 5.26 Å². The molecule has 190 valence electrons. The Morgan fingerprint density at radius 3 is 2.84 bits per heavy atom. The van der Waals surface area contributed by atoms with Crippen LogP contribution in [0.5, 0.6) is 0 Å². The summed E-state index contributed by atoms with van der Waals surface area (Å²) in [6.45, 7) is 6.23. The smallest absolute Gasteiger partial charge is 0.217 e. The SMILES string of the molecule is CC(=O)N[C@@H]1CCN(c2nnc(-c3cnc(-c4ccc5cc(C#N)cnn45)cc3NC(C)C)s2)C[C@@H]1F. The first-order chi connectivity index (χ1) is 17.8. The van der Waals surface area contributed by atoms with Gasteiger partial charge in [0, 0.05) is 31.4 Å². The zero-order valence-electron chi connectivity index (χ0n) is 20.6. The molecular formula is C25H26FN9OS. The van der Waals surface area contributed by atoms with E-state index in [9.17, 15) is 9.18 Å². The summed E-state index contributed by atoms with van der Waals surface area (Å²) in [6.07, 6.45) is 2.61. The highest BCUT2D eigenvalue weighted by molar-refractivity contribution is 7.18. The molecule has 5 rings (SSSR count). The van der Waals surface area contributed by atoms with Crippen LogP contribution in [-0.2, 0) is 4.79 Å². The first-order valence-corrected chi connectivity index (χ1v) is 12.8. The Morgan fingerprint density at radius 1 is 1.27 bits per heavy atom. The second-order valence-corrected chi connectivity index (χ2v) is 10.2. The van der Waals surface area contributed by atoms with E-state index in [2.05, 4.69) is 37.0 Å². The van der Waals surface area contributed by atoms with E-state index in [0.717, 1.165) is 22.5 Å². The van der Waals surface area contributed by atoms with Gasteiger partial charge >= 0.3 is 0 Å². The van der Waals surface area contributed by atoms with Crippen molar-refractivity contribution in [3.05, 3.63) is 42.2 Å². The predicted octanol–water partition coefficient (Wildman–Crippen LogP) is 3.66. The van der Waals surface area contributed by atoms with Crippen molar-refractivity contribution in [3.8, 4) is 28.0 Å². The number of carbonyl (C=O) groups excluding carboxylic acids is 1. The van der Waals surface area contributed by atoms with Crippen molar-refractivity contribution in [2.45, 2.75) is 45.4 Å². The molecule has 1 amide bonds. The van der Waals surface area contributed by atoms with Crippen LogP contribution < -0.4 is 15.5 Å². The van der Waals surface area contributed by atoms with Crippen molar-refractivity contribution in [1.82, 2.24) is 30.1 Å². The van der Waals surface area contributed by atoms with Crippen LogP contribution in [-0.4, -0.2) is 62.0 Å². The molecule has 1 aliphatic heterocycles. The molecule has 12 heteroatoms. The summed E-state index contributed by atoms with van der Waals surface area (Å²) in [6, 6.07) is 9.34. The Morgan fingerprint density at radius 2 is 2.11 bits per heavy atom. The van der Waals surface area contributed by atoms with Crippen LogP contribution >= 0.6 is 11.3 Å². The lowest BCUT2D eigenvalue weighted by molar-refractivity contribution is -0.120. The highest BCUT2D eigenvalue weighted by Gasteiger charge is 2.31. The molecule has 10 nitrogen and oxygen atoms in total. The summed E-state index contributed by atoms with van der Waals surface area (Å²) in [7, 11) is 0. The lowest BCUT2D eigenvalue weighted by Crippen LogP contribution is -2.52. The van der Waals surface area contributed by atoms with Crippen LogP contribution in [0, 0.1) is 11.3 Å². The molecule has 0 unspecified atom stereocenters. The van der Waals surface area contributed by atoms with Gasteiger partial charge in [0.05, 0.1) is 46.8 Å². The molecule has 37 heavy (non-hydrogen) atoms. The fourth-order valence-corrected chi connectivity index (χ4v) is 5.31. The van der Waals surface area contributed by atoms with Crippen molar-refractivity contribution in [1.29, 1.82) is 5.26 Å². The van der Waals surface area contributed by atoms with Crippen LogP contribution in [0.1, 0.15) is 32.8 Å². The van der Waals surface area contributed by atoms with E-state index in [0.29, 0.717) is 34.4 Å². The van der Waals surface area contributed by atoms with Gasteiger partial charge in [-0.1, -0.05) is 11.3 Å². The van der Waals surface area contributed by atoms with Crippen molar-refractivity contribution >= 4 is 33.6 Å². The minimum Gasteiger partial charge on any atom is -0.382 e. The van der Waals surface area contributed by atoms with E-state index in [1.165, 1.54) is 24.5 Å². The average molecular weight is 520 g/mol. The fraction of sp³-hybridized carbons (Fsp3) is 0.360. The Balaban J connectivity index is 1.43. The van der Waals surface area contributed by atoms with Crippen LogP contribution in [0.15, 0.2) is 36.7 Å². The number of halogens is 1. The van der Waals surface area contributed by atoms with Crippen molar-refractivity contribution < 1.29 is 9.18 Å². The van der Waals surface area contributed by atoms with E-state index < -0.39 is 12.2 Å². The van der Waals surface area contributed by atoms with E-state index in [1.54, 1.807) is 16.8 Å². The molecular weight excluding hydrogens is 493 g/mol. The van der Waals surface area contributed by atoms with Gasteiger partial charge in [0.2, 0.25) is 11.0 Å². The quantitative estimate of drug-likeness (QED) is 0.396. The molecule has 0 aromatic carbocycles. The number of hydrogen-bond donors (Lipinski definition) is 2. The molecule has 1 saturated heterocycles. The van der Waals surface area contributed by atoms with Gasteiger partial charge in [-0.2, -0.15) is 10.4 Å². The lowest BCUT2D eigenvalue weighted by Gasteiger charge is -2.34. The summed E-state index contributed by atoms with van der Waals surface area (Å²) in [5.41, 5.74) is 4.46. The zero-order valence-corrected chi connectivity index (χ0v) is 21.5. The van der Waals surface area contributed by atoms with Crippen LogP contribution in [0.3, 0.4) is 0 Å². The number of alkyl halides is 1. The first kappa shape index (κ1) is 24.6. The highest BCUT2D eigenvalue weighted by Crippen LogP contribution is 2.36. The number of rotatable bonds is 6. The fourth-order valence-electron chi connectivity index (χ4n) is 4.40. The van der Waals surface area contributed by atoms with Gasteiger partial charge in [-0.3, -0.25) is 9.78 Å². The number of pyridine rings is 1. The van der Waals surface area contributed by atoms with E-state index in [1.807, 2.05) is 36.9 Å². The molecule has 2 N–H and O–H groups in total. The summed E-state index contributed by atoms with van der Waals surface area (Å²) >= 11 is 1.38. The third-order valence-corrected chi connectivity index (χ3v) is 7.10. The molecule has 4 aromatic rings. The Kier molecular flexibility index (Phi) is 6.71. The molecule has 0 bridgehead atoms. The largest absolute Gasteiger partial charge is 0.382 e. The third-order valence-electron chi connectivity index (χ3n) is 6.09. The molecule has 0 saturated carbocycles. The summed E-state index contributed by atoms with van der Waals surface area (Å²) in [5.74, 6) is -0.226. The van der Waals surface area contributed by atoms with Crippen molar-refractivity contribution in [2.75, 3.05) is 23.3 Å². The van der Waals surface area contributed by atoms with Gasteiger partial charge in [0.1, 0.15) is 12.2 Å². The number of carbonyl (C=O) groups is 1. The molecule has 0 spiro atoms. The van der Waals surface area contributed by atoms with Gasteiger partial charge < -0.3 is 15.5 Å². The standard InChI is InChI=1S/C25H26FN9OS/c1-14(2)30-21-9-22(23-5-4-17-8-16(10-27)11-29-35(17)23)28-12-18(21)24-32-33-25(37-24)34-7-6-20(19(26)13-34)31-15(3)36/h4-5,8-9,11-12,14,19-20H,6-7,13H2,1-3H3,(H,28,30)(H,31,36)/t19-,20+/m0/s1. The number of aromatic nitrogens is 5. The number of fused-ring (bicyclic) bond motifs is 1. The Hall–Kier alpha value is -4.11. The molecule has 1 fully saturated rings. The molecule has 2 atom stereocenters. The van der Waals surface area contributed by atoms with Crippen molar-refractivity contribution in [2.24, 2.45) is 0 Å². The molecule has 0 aliphatic carbocycles. The molecule has 0 radical (unpaired) electrons. The summed E-state index contributed by atoms with van der Waals surface area (Å²) in [4.78, 5) is 17.9. The number of nitriles is 1. The second kappa shape index (κ2) is 10.1. The van der Waals surface area contributed by atoms with Gasteiger partial charge in [0.25, 0.3) is 0 Å². The number of nitrogens with zero attached hydrogens (tertiary/aromatic N) is 7. The van der Waals surface area contributed by atoms with E-state index in [-0.39, 0.29) is 18.5 Å². The number of piperidine rings is 1. The maximum Gasteiger partial charge on any atom is 0.217 e. The number of hydrogen-bond acceptors (Lipinski definition) is 9. The maximum atomic E-state index is 14.7. The normalized spacial score (nSPS) is 17.7. The zero-order chi connectivity index (χ0) is 26.1. The maximum absolute atomic E-state index is 14.7. The molecule has 5 heterocycles. The van der Waals surface area contributed by atoms with Crippen LogP contribution in [0.4, 0.5) is 15.2 Å². The Bertz CT molecular complexity index is 1490. The topological polar surface area (TPSA) is 124 Å². The van der Waals surface area contributed by atoms with Crippen LogP contribution in [0.25, 0.3) is 27.5 Å². The lowest BCUT2D eigenvalue weighted by atomic mass is 10.0. The minimum atomic E-state index is -1.18. The van der Waals surface area contributed by atoms with Gasteiger partial charge in [-0.05, 0) is 44.5 Å². The number of amides is 1. The van der Waals surface area contributed by atoms with Gasteiger partial charge in [-0.25, -0.2) is 8.91 Å². The van der Waals surface area contributed by atoms with Crippen molar-refractivity contribution in [3.63, 3.8) is 0 Å². The number of nitrogens with one attached hydrogen (secondary N) is 2. The van der Waals surface area contributed by atoms with Gasteiger partial charge in [0.15, 0.2) is 5.01 Å². The predicted molar refractivity (Wildman–Crippen MR) is 140 cm³/mol. The van der Waals surface area contributed by atoms with Gasteiger partial charge in [-0.15, -0.1) is 10.2 Å². The monoisotopic (exact) mass is 519 g/mol. The summed E-state index contributed by atoms with van der Waals surface area (Å²) in [5, 5.41) is 29.7. The number of anilines is 2. The van der Waals surface area contributed by atoms with Crippen LogP contribution in [0.2, 0.25) is 0 Å².